The molecule has 1 aromatic heterocycles. The fourth-order valence-corrected chi connectivity index (χ4v) is 3.17. The summed E-state index contributed by atoms with van der Waals surface area (Å²) in [5.41, 5.74) is 2.39. The zero-order valence-corrected chi connectivity index (χ0v) is 16.1. The first-order valence-electron chi connectivity index (χ1n) is 8.26. The number of para-hydroxylation sites is 1. The first kappa shape index (κ1) is 19.0. The van der Waals surface area contributed by atoms with Gasteiger partial charge in [0.25, 0.3) is 5.91 Å². The fraction of sp³-hybridized carbons (Fsp3) is 0.158. The predicted molar refractivity (Wildman–Crippen MR) is 107 cm³/mol. The highest BCUT2D eigenvalue weighted by molar-refractivity contribution is 7.13. The second-order valence-electron chi connectivity index (χ2n) is 5.83. The lowest BCUT2D eigenvalue weighted by Gasteiger charge is -2.05. The number of aromatic nitrogens is 2. The molecule has 0 aliphatic carbocycles. The highest BCUT2D eigenvalue weighted by Gasteiger charge is 2.14. The minimum atomic E-state index is -0.307. The molecule has 0 radical (unpaired) electrons. The summed E-state index contributed by atoms with van der Waals surface area (Å²) in [6.07, 6.45) is 0.658. The SMILES string of the molecule is Cc1ccccc1NC(=O)c1nnc(CCC(=O)Nc2ccc(Cl)cc2)s1. The molecule has 0 aliphatic rings. The third kappa shape index (κ3) is 5.35. The van der Waals surface area contributed by atoms with Crippen molar-refractivity contribution >= 4 is 46.1 Å². The van der Waals surface area contributed by atoms with Crippen molar-refractivity contribution in [2.75, 3.05) is 10.6 Å². The highest BCUT2D eigenvalue weighted by atomic mass is 35.5. The average Bonchev–Trinajstić information content (AvgIpc) is 3.13. The van der Waals surface area contributed by atoms with Crippen LogP contribution >= 0.6 is 22.9 Å². The Morgan fingerprint density at radius 1 is 1.04 bits per heavy atom. The van der Waals surface area contributed by atoms with Gasteiger partial charge in [0.1, 0.15) is 5.01 Å². The van der Waals surface area contributed by atoms with E-state index in [1.165, 1.54) is 11.3 Å². The normalized spacial score (nSPS) is 10.4. The Hall–Kier alpha value is -2.77. The van der Waals surface area contributed by atoms with Crippen LogP contribution in [0.25, 0.3) is 0 Å². The number of amides is 2. The largest absolute Gasteiger partial charge is 0.326 e. The predicted octanol–water partition coefficient (Wildman–Crippen LogP) is 4.32. The number of aryl methyl sites for hydroxylation is 2. The van der Waals surface area contributed by atoms with Crippen LogP contribution < -0.4 is 10.6 Å². The van der Waals surface area contributed by atoms with Gasteiger partial charge >= 0.3 is 0 Å². The summed E-state index contributed by atoms with van der Waals surface area (Å²) in [6, 6.07) is 14.4. The van der Waals surface area contributed by atoms with Gasteiger partial charge in [-0.3, -0.25) is 9.59 Å². The second kappa shape index (κ2) is 8.75. The van der Waals surface area contributed by atoms with Crippen LogP contribution in [0.5, 0.6) is 0 Å². The molecule has 27 heavy (non-hydrogen) atoms. The molecule has 0 saturated heterocycles. The van der Waals surface area contributed by atoms with Crippen molar-refractivity contribution in [1.29, 1.82) is 0 Å². The van der Waals surface area contributed by atoms with Crippen LogP contribution in [0.15, 0.2) is 48.5 Å². The van der Waals surface area contributed by atoms with E-state index in [1.807, 2.05) is 31.2 Å². The van der Waals surface area contributed by atoms with Crippen LogP contribution in [-0.4, -0.2) is 22.0 Å². The maximum atomic E-state index is 12.3. The molecule has 2 amide bonds. The minimum absolute atomic E-state index is 0.140. The number of halogens is 1. The summed E-state index contributed by atoms with van der Waals surface area (Å²) in [4.78, 5) is 24.3. The van der Waals surface area contributed by atoms with Crippen molar-refractivity contribution in [2.24, 2.45) is 0 Å². The van der Waals surface area contributed by atoms with Crippen molar-refractivity contribution in [3.05, 3.63) is 69.1 Å². The number of hydrogen-bond acceptors (Lipinski definition) is 5. The maximum Gasteiger partial charge on any atom is 0.286 e. The van der Waals surface area contributed by atoms with Gasteiger partial charge in [0, 0.05) is 29.2 Å². The van der Waals surface area contributed by atoms with E-state index in [-0.39, 0.29) is 23.2 Å². The van der Waals surface area contributed by atoms with Gasteiger partial charge in [-0.05, 0) is 42.8 Å². The van der Waals surface area contributed by atoms with Crippen LogP contribution in [0.1, 0.15) is 26.8 Å². The molecule has 1 heterocycles. The number of rotatable bonds is 6. The van der Waals surface area contributed by atoms with Crippen molar-refractivity contribution in [2.45, 2.75) is 19.8 Å². The first-order valence-corrected chi connectivity index (χ1v) is 9.45. The number of nitrogens with zero attached hydrogens (tertiary/aromatic N) is 2. The van der Waals surface area contributed by atoms with Gasteiger partial charge in [-0.2, -0.15) is 0 Å². The molecule has 0 unspecified atom stereocenters. The molecule has 3 aromatic rings. The molecule has 3 rings (SSSR count). The molecule has 138 valence electrons. The second-order valence-corrected chi connectivity index (χ2v) is 7.32. The smallest absolute Gasteiger partial charge is 0.286 e. The van der Waals surface area contributed by atoms with E-state index in [9.17, 15) is 9.59 Å². The minimum Gasteiger partial charge on any atom is -0.326 e. The zero-order chi connectivity index (χ0) is 19.2. The Balaban J connectivity index is 1.53. The van der Waals surface area contributed by atoms with Crippen LogP contribution in [-0.2, 0) is 11.2 Å². The van der Waals surface area contributed by atoms with E-state index < -0.39 is 0 Å². The van der Waals surface area contributed by atoms with E-state index in [2.05, 4.69) is 20.8 Å². The lowest BCUT2D eigenvalue weighted by atomic mass is 10.2. The summed E-state index contributed by atoms with van der Waals surface area (Å²) < 4.78 is 0. The molecule has 2 N–H and O–H groups in total. The number of anilines is 2. The molecule has 6 nitrogen and oxygen atoms in total. The van der Waals surface area contributed by atoms with Gasteiger partial charge in [-0.25, -0.2) is 0 Å². The molecule has 8 heteroatoms. The third-order valence-corrected chi connectivity index (χ3v) is 4.98. The topological polar surface area (TPSA) is 84.0 Å². The molecule has 0 saturated carbocycles. The molecule has 0 bridgehead atoms. The Labute approximate surface area is 165 Å². The zero-order valence-electron chi connectivity index (χ0n) is 14.5. The maximum absolute atomic E-state index is 12.3. The summed E-state index contributed by atoms with van der Waals surface area (Å²) >= 11 is 7.00. The van der Waals surface area contributed by atoms with Crippen molar-refractivity contribution in [3.63, 3.8) is 0 Å². The third-order valence-electron chi connectivity index (χ3n) is 3.75. The lowest BCUT2D eigenvalue weighted by Crippen LogP contribution is -2.12. The monoisotopic (exact) mass is 400 g/mol. The van der Waals surface area contributed by atoms with E-state index in [0.29, 0.717) is 22.1 Å². The van der Waals surface area contributed by atoms with E-state index >= 15 is 0 Å². The number of benzene rings is 2. The van der Waals surface area contributed by atoms with E-state index in [0.717, 1.165) is 11.3 Å². The number of carbonyl (C=O) groups is 2. The summed E-state index contributed by atoms with van der Waals surface area (Å²) in [5, 5.41) is 15.0. The Bertz CT molecular complexity index is 956. The van der Waals surface area contributed by atoms with E-state index in [4.69, 9.17) is 11.6 Å². The van der Waals surface area contributed by atoms with Crippen LogP contribution in [0.3, 0.4) is 0 Å². The molecule has 0 spiro atoms. The molecule has 2 aromatic carbocycles. The summed E-state index contributed by atoms with van der Waals surface area (Å²) in [7, 11) is 0. The van der Waals surface area contributed by atoms with Gasteiger partial charge in [-0.15, -0.1) is 10.2 Å². The van der Waals surface area contributed by atoms with Gasteiger partial charge in [0.2, 0.25) is 10.9 Å². The molecule has 0 fully saturated rings. The Morgan fingerprint density at radius 3 is 2.52 bits per heavy atom. The highest BCUT2D eigenvalue weighted by Crippen LogP contribution is 2.18. The molecule has 0 aliphatic heterocycles. The molecular weight excluding hydrogens is 384 g/mol. The number of hydrogen-bond donors (Lipinski definition) is 2. The number of carbonyl (C=O) groups excluding carboxylic acids is 2. The van der Waals surface area contributed by atoms with Crippen molar-refractivity contribution in [3.8, 4) is 0 Å². The van der Waals surface area contributed by atoms with Crippen LogP contribution in [0.4, 0.5) is 11.4 Å². The van der Waals surface area contributed by atoms with Gasteiger partial charge in [-0.1, -0.05) is 41.1 Å². The molecular formula is C19H17ClN4O2S. The van der Waals surface area contributed by atoms with Crippen molar-refractivity contribution in [1.82, 2.24) is 10.2 Å². The Morgan fingerprint density at radius 2 is 1.78 bits per heavy atom. The van der Waals surface area contributed by atoms with Crippen LogP contribution in [0.2, 0.25) is 5.02 Å². The average molecular weight is 401 g/mol. The van der Waals surface area contributed by atoms with Crippen molar-refractivity contribution < 1.29 is 9.59 Å². The molecule has 0 atom stereocenters. The van der Waals surface area contributed by atoms with Crippen LogP contribution in [0, 0.1) is 6.92 Å². The quantitative estimate of drug-likeness (QED) is 0.645. The fourth-order valence-electron chi connectivity index (χ4n) is 2.31. The summed E-state index contributed by atoms with van der Waals surface area (Å²) in [6.45, 7) is 1.92. The van der Waals surface area contributed by atoms with E-state index in [1.54, 1.807) is 24.3 Å². The van der Waals surface area contributed by atoms with Gasteiger partial charge in [0.15, 0.2) is 0 Å². The Kier molecular flexibility index (Phi) is 6.16. The standard InChI is InChI=1S/C19H17ClN4O2S/c1-12-4-2-3-5-15(12)22-18(26)19-24-23-17(27-19)11-10-16(25)21-14-8-6-13(20)7-9-14/h2-9H,10-11H2,1H3,(H,21,25)(H,22,26). The number of nitrogens with one attached hydrogen (secondary N) is 2. The summed E-state index contributed by atoms with van der Waals surface area (Å²) in [5.74, 6) is -0.447. The van der Waals surface area contributed by atoms with Gasteiger partial charge in [0.05, 0.1) is 0 Å². The lowest BCUT2D eigenvalue weighted by molar-refractivity contribution is -0.116. The first-order chi connectivity index (χ1) is 13.0. The van der Waals surface area contributed by atoms with Gasteiger partial charge < -0.3 is 10.6 Å².